The Balaban J connectivity index is 1.65. The Morgan fingerprint density at radius 1 is 1.09 bits per heavy atom. The molecule has 1 atom stereocenters. The molecule has 1 amide bonds. The number of thioether (sulfide) groups is 1. The maximum absolute atomic E-state index is 13.1. The third kappa shape index (κ3) is 4.59. The van der Waals surface area contributed by atoms with Crippen LogP contribution in [-0.2, 0) is 4.79 Å². The summed E-state index contributed by atoms with van der Waals surface area (Å²) < 4.78 is 0. The summed E-state index contributed by atoms with van der Waals surface area (Å²) in [4.78, 5) is 35.9. The van der Waals surface area contributed by atoms with Crippen LogP contribution in [0, 0.1) is 6.92 Å². The van der Waals surface area contributed by atoms with E-state index in [9.17, 15) is 9.59 Å². The molecule has 0 aliphatic heterocycles. The van der Waals surface area contributed by atoms with Gasteiger partial charge in [-0.2, -0.15) is 0 Å². The number of amides is 1. The zero-order valence-corrected chi connectivity index (χ0v) is 19.7. The second-order valence-corrected chi connectivity index (χ2v) is 9.79. The Morgan fingerprint density at radius 2 is 1.88 bits per heavy atom. The molecule has 0 aliphatic carbocycles. The van der Waals surface area contributed by atoms with Crippen molar-refractivity contribution in [3.05, 3.63) is 71.4 Å². The number of carbonyl (C=O) groups is 2. The van der Waals surface area contributed by atoms with Crippen LogP contribution in [0.25, 0.3) is 21.3 Å². The number of anilines is 1. The van der Waals surface area contributed by atoms with Crippen LogP contribution in [-0.4, -0.2) is 26.9 Å². The summed E-state index contributed by atoms with van der Waals surface area (Å²) in [6, 6.07) is 17.2. The van der Waals surface area contributed by atoms with Gasteiger partial charge in [0.1, 0.15) is 16.2 Å². The summed E-state index contributed by atoms with van der Waals surface area (Å²) in [5.74, 6) is -0.148. The van der Waals surface area contributed by atoms with E-state index in [0.717, 1.165) is 26.4 Å². The monoisotopic (exact) mass is 461 g/mol. The lowest BCUT2D eigenvalue weighted by Crippen LogP contribution is -2.24. The summed E-state index contributed by atoms with van der Waals surface area (Å²) in [7, 11) is 0. The topological polar surface area (TPSA) is 72.0 Å². The predicted octanol–water partition coefficient (Wildman–Crippen LogP) is 6.38. The summed E-state index contributed by atoms with van der Waals surface area (Å²) in [5, 5.41) is 4.42. The van der Waals surface area contributed by atoms with Crippen molar-refractivity contribution in [1.29, 1.82) is 0 Å². The molecule has 2 aromatic carbocycles. The van der Waals surface area contributed by atoms with Gasteiger partial charge in [-0.1, -0.05) is 61.2 Å². The average molecular weight is 462 g/mol. The van der Waals surface area contributed by atoms with Crippen LogP contribution in [0.15, 0.2) is 66.0 Å². The van der Waals surface area contributed by atoms with Gasteiger partial charge in [0.2, 0.25) is 5.91 Å². The lowest BCUT2D eigenvalue weighted by molar-refractivity contribution is -0.115. The van der Waals surface area contributed by atoms with Gasteiger partial charge in [-0.3, -0.25) is 9.59 Å². The number of carbonyl (C=O) groups excluding carboxylic acids is 2. The molecule has 5 nitrogen and oxygen atoms in total. The summed E-state index contributed by atoms with van der Waals surface area (Å²) >= 11 is 3.10. The van der Waals surface area contributed by atoms with Gasteiger partial charge in [0.25, 0.3) is 0 Å². The standard InChI is InChI=1S/C25H23N3O2S2/c1-4-20(23(30)28-19-12-8-11-18(13-19)15(2)29)32-25-22-21(17-9-6-5-7-10-17)16(3)31-24(22)26-14-27-25/h5-14,20H,4H2,1-3H3,(H,28,30). The number of Topliss-reactive ketones (excluding diaryl/α,β-unsaturated/α-hetero) is 1. The lowest BCUT2D eigenvalue weighted by Gasteiger charge is -2.15. The zero-order chi connectivity index (χ0) is 22.7. The van der Waals surface area contributed by atoms with Gasteiger partial charge in [0, 0.05) is 21.7 Å². The first-order chi connectivity index (χ1) is 15.5. The molecule has 1 N–H and O–H groups in total. The molecule has 32 heavy (non-hydrogen) atoms. The molecule has 2 heterocycles. The highest BCUT2D eigenvalue weighted by Crippen LogP contribution is 2.42. The van der Waals surface area contributed by atoms with E-state index in [1.54, 1.807) is 41.9 Å². The highest BCUT2D eigenvalue weighted by molar-refractivity contribution is 8.00. The Kier molecular flexibility index (Phi) is 6.67. The molecule has 0 bridgehead atoms. The van der Waals surface area contributed by atoms with Gasteiger partial charge >= 0.3 is 0 Å². The van der Waals surface area contributed by atoms with Crippen LogP contribution in [0.4, 0.5) is 5.69 Å². The fourth-order valence-corrected chi connectivity index (χ4v) is 5.66. The maximum atomic E-state index is 13.1. The van der Waals surface area contributed by atoms with Crippen molar-refractivity contribution in [3.63, 3.8) is 0 Å². The average Bonchev–Trinajstić information content (AvgIpc) is 3.14. The Hall–Kier alpha value is -3.03. The third-order valence-electron chi connectivity index (χ3n) is 5.15. The quantitative estimate of drug-likeness (QED) is 0.196. The number of fused-ring (bicyclic) bond motifs is 1. The lowest BCUT2D eigenvalue weighted by atomic mass is 10.0. The summed E-state index contributed by atoms with van der Waals surface area (Å²) in [6.07, 6.45) is 2.20. The van der Waals surface area contributed by atoms with Crippen molar-refractivity contribution < 1.29 is 9.59 Å². The smallest absolute Gasteiger partial charge is 0.237 e. The van der Waals surface area contributed by atoms with Crippen LogP contribution in [0.2, 0.25) is 0 Å². The van der Waals surface area contributed by atoms with Gasteiger partial charge in [-0.25, -0.2) is 9.97 Å². The molecule has 0 fully saturated rings. The number of benzene rings is 2. The minimum Gasteiger partial charge on any atom is -0.325 e. The highest BCUT2D eigenvalue weighted by atomic mass is 32.2. The van der Waals surface area contributed by atoms with Crippen molar-refractivity contribution >= 4 is 50.7 Å². The van der Waals surface area contributed by atoms with Crippen molar-refractivity contribution in [2.24, 2.45) is 0 Å². The van der Waals surface area contributed by atoms with E-state index in [-0.39, 0.29) is 16.9 Å². The van der Waals surface area contributed by atoms with E-state index in [4.69, 9.17) is 0 Å². The summed E-state index contributed by atoms with van der Waals surface area (Å²) in [6.45, 7) is 5.59. The fraction of sp³-hybridized carbons (Fsp3) is 0.200. The molecular weight excluding hydrogens is 438 g/mol. The Morgan fingerprint density at radius 3 is 2.59 bits per heavy atom. The fourth-order valence-electron chi connectivity index (χ4n) is 3.56. The van der Waals surface area contributed by atoms with Crippen molar-refractivity contribution in [3.8, 4) is 11.1 Å². The number of rotatable bonds is 7. The molecule has 0 saturated heterocycles. The van der Waals surface area contributed by atoms with E-state index in [1.807, 2.05) is 25.1 Å². The van der Waals surface area contributed by atoms with Gasteiger partial charge in [0.15, 0.2) is 5.78 Å². The summed E-state index contributed by atoms with van der Waals surface area (Å²) in [5.41, 5.74) is 3.43. The van der Waals surface area contributed by atoms with Gasteiger partial charge in [-0.15, -0.1) is 11.3 Å². The SMILES string of the molecule is CCC(Sc1ncnc2sc(C)c(-c3ccccc3)c12)C(=O)Nc1cccc(C(C)=O)c1. The number of hydrogen-bond donors (Lipinski definition) is 1. The van der Waals surface area contributed by atoms with Crippen LogP contribution in [0.5, 0.6) is 0 Å². The predicted molar refractivity (Wildman–Crippen MR) is 133 cm³/mol. The van der Waals surface area contributed by atoms with Gasteiger partial charge in [0.05, 0.1) is 10.6 Å². The van der Waals surface area contributed by atoms with Crippen molar-refractivity contribution in [2.45, 2.75) is 37.5 Å². The number of hydrogen-bond acceptors (Lipinski definition) is 6. The van der Waals surface area contributed by atoms with Crippen LogP contribution in [0.1, 0.15) is 35.5 Å². The normalized spacial score (nSPS) is 12.0. The van der Waals surface area contributed by atoms with E-state index in [0.29, 0.717) is 17.7 Å². The largest absolute Gasteiger partial charge is 0.325 e. The minimum atomic E-state index is -0.335. The van der Waals surface area contributed by atoms with Gasteiger partial charge in [-0.05, 0) is 38.0 Å². The molecular formula is C25H23N3O2S2. The zero-order valence-electron chi connectivity index (χ0n) is 18.1. The number of nitrogens with one attached hydrogen (secondary N) is 1. The number of aryl methyl sites for hydroxylation is 1. The molecule has 1 unspecified atom stereocenters. The molecule has 2 aromatic heterocycles. The molecule has 0 aliphatic rings. The van der Waals surface area contributed by atoms with E-state index >= 15 is 0 Å². The first kappa shape index (κ1) is 22.2. The number of thiophene rings is 1. The van der Waals surface area contributed by atoms with Crippen molar-refractivity contribution in [2.75, 3.05) is 5.32 Å². The third-order valence-corrected chi connectivity index (χ3v) is 7.52. The van der Waals surface area contributed by atoms with Gasteiger partial charge < -0.3 is 5.32 Å². The molecule has 0 spiro atoms. The van der Waals surface area contributed by atoms with E-state index in [1.165, 1.54) is 23.6 Å². The van der Waals surface area contributed by atoms with Crippen LogP contribution >= 0.6 is 23.1 Å². The van der Waals surface area contributed by atoms with Crippen LogP contribution < -0.4 is 5.32 Å². The second-order valence-electron chi connectivity index (χ2n) is 7.40. The maximum Gasteiger partial charge on any atom is 0.237 e. The minimum absolute atomic E-state index is 0.0350. The molecule has 4 aromatic rings. The molecule has 162 valence electrons. The molecule has 7 heteroatoms. The van der Waals surface area contributed by atoms with Crippen LogP contribution in [0.3, 0.4) is 0 Å². The highest BCUT2D eigenvalue weighted by Gasteiger charge is 2.23. The van der Waals surface area contributed by atoms with E-state index in [2.05, 4.69) is 34.3 Å². The second kappa shape index (κ2) is 9.63. The molecule has 0 saturated carbocycles. The number of ketones is 1. The first-order valence-corrected chi connectivity index (χ1v) is 12.1. The van der Waals surface area contributed by atoms with E-state index < -0.39 is 0 Å². The van der Waals surface area contributed by atoms with Crippen molar-refractivity contribution in [1.82, 2.24) is 9.97 Å². The molecule has 4 rings (SSSR count). The number of aromatic nitrogens is 2. The Labute approximate surface area is 195 Å². The first-order valence-electron chi connectivity index (χ1n) is 10.4. The number of nitrogens with zero attached hydrogens (tertiary/aromatic N) is 2. The molecule has 0 radical (unpaired) electrons. The Bertz CT molecular complexity index is 1290.